The Bertz CT molecular complexity index is 1100. The van der Waals surface area contributed by atoms with E-state index in [2.05, 4.69) is 40.8 Å². The van der Waals surface area contributed by atoms with Gasteiger partial charge in [0.1, 0.15) is 6.61 Å². The molecule has 0 heterocycles. The number of carbonyl (C=O) groups excluding carboxylic acids is 2. The van der Waals surface area contributed by atoms with E-state index < -0.39 is 17.5 Å². The van der Waals surface area contributed by atoms with Crippen LogP contribution in [0.3, 0.4) is 0 Å². The SMILES string of the molecule is O=C(O)C#CCNC(=O)C1(CNC(=O)OCC2c3ccccc3-c3ccccc32)CCCCC1. The van der Waals surface area contributed by atoms with Crippen molar-refractivity contribution in [1.29, 1.82) is 0 Å². The molecule has 0 radical (unpaired) electrons. The highest BCUT2D eigenvalue weighted by molar-refractivity contribution is 5.87. The molecule has 1 saturated carbocycles. The van der Waals surface area contributed by atoms with Crippen LogP contribution in [0.4, 0.5) is 4.79 Å². The van der Waals surface area contributed by atoms with E-state index >= 15 is 0 Å². The molecule has 2 aromatic rings. The van der Waals surface area contributed by atoms with Crippen LogP contribution in [0.15, 0.2) is 48.5 Å². The lowest BCUT2D eigenvalue weighted by Gasteiger charge is -2.35. The predicted octanol–water partition coefficient (Wildman–Crippen LogP) is 3.68. The molecule has 7 heteroatoms. The van der Waals surface area contributed by atoms with Gasteiger partial charge in [-0.2, -0.15) is 0 Å². The molecule has 2 aliphatic rings. The van der Waals surface area contributed by atoms with Crippen molar-refractivity contribution in [3.63, 3.8) is 0 Å². The van der Waals surface area contributed by atoms with E-state index in [0.717, 1.165) is 41.5 Å². The first-order valence-electron chi connectivity index (χ1n) is 11.6. The van der Waals surface area contributed by atoms with E-state index in [-0.39, 0.29) is 31.5 Å². The van der Waals surface area contributed by atoms with Crippen LogP contribution in [-0.2, 0) is 14.3 Å². The van der Waals surface area contributed by atoms with Crippen molar-refractivity contribution in [2.45, 2.75) is 38.0 Å². The normalized spacial score (nSPS) is 15.8. The summed E-state index contributed by atoms with van der Waals surface area (Å²) < 4.78 is 5.61. The Labute approximate surface area is 198 Å². The Balaban J connectivity index is 1.36. The highest BCUT2D eigenvalue weighted by Crippen LogP contribution is 2.44. The van der Waals surface area contributed by atoms with E-state index in [1.165, 1.54) is 0 Å². The summed E-state index contributed by atoms with van der Waals surface area (Å²) in [6, 6.07) is 16.3. The van der Waals surface area contributed by atoms with Gasteiger partial charge in [0, 0.05) is 18.4 Å². The van der Waals surface area contributed by atoms with Gasteiger partial charge in [-0.25, -0.2) is 9.59 Å². The zero-order valence-electron chi connectivity index (χ0n) is 18.9. The van der Waals surface area contributed by atoms with Crippen LogP contribution in [0.2, 0.25) is 0 Å². The number of ether oxygens (including phenoxy) is 1. The summed E-state index contributed by atoms with van der Waals surface area (Å²) in [7, 11) is 0. The summed E-state index contributed by atoms with van der Waals surface area (Å²) in [5.74, 6) is 2.91. The molecule has 0 aliphatic heterocycles. The molecule has 3 N–H and O–H groups in total. The average molecular weight is 461 g/mol. The van der Waals surface area contributed by atoms with Gasteiger partial charge in [-0.15, -0.1) is 0 Å². The summed E-state index contributed by atoms with van der Waals surface area (Å²) in [6.07, 6.45) is 3.56. The molecule has 34 heavy (non-hydrogen) atoms. The van der Waals surface area contributed by atoms with E-state index in [0.29, 0.717) is 12.8 Å². The van der Waals surface area contributed by atoms with Crippen LogP contribution in [0.25, 0.3) is 11.1 Å². The minimum absolute atomic E-state index is 0.0297. The fourth-order valence-corrected chi connectivity index (χ4v) is 5.04. The number of hydrogen-bond donors (Lipinski definition) is 3. The molecule has 7 nitrogen and oxygen atoms in total. The quantitative estimate of drug-likeness (QED) is 0.571. The van der Waals surface area contributed by atoms with E-state index in [9.17, 15) is 14.4 Å². The number of carboxylic acids is 1. The van der Waals surface area contributed by atoms with Gasteiger partial charge < -0.3 is 20.5 Å². The van der Waals surface area contributed by atoms with Gasteiger partial charge in [0.2, 0.25) is 5.91 Å². The van der Waals surface area contributed by atoms with E-state index in [4.69, 9.17) is 9.84 Å². The number of rotatable bonds is 6. The number of nitrogens with one attached hydrogen (secondary N) is 2. The monoisotopic (exact) mass is 460 g/mol. The van der Waals surface area contributed by atoms with Crippen molar-refractivity contribution < 1.29 is 24.2 Å². The minimum atomic E-state index is -1.24. The molecule has 176 valence electrons. The Hall–Kier alpha value is -3.79. The fraction of sp³-hybridized carbons (Fsp3) is 0.370. The second kappa shape index (κ2) is 10.4. The van der Waals surface area contributed by atoms with Crippen molar-refractivity contribution in [1.82, 2.24) is 10.6 Å². The molecular formula is C27H28N2O5. The Morgan fingerprint density at radius 1 is 0.941 bits per heavy atom. The first-order valence-corrected chi connectivity index (χ1v) is 11.6. The predicted molar refractivity (Wildman–Crippen MR) is 127 cm³/mol. The smallest absolute Gasteiger partial charge is 0.407 e. The summed E-state index contributed by atoms with van der Waals surface area (Å²) in [6.45, 7) is 0.337. The molecule has 1 fully saturated rings. The third-order valence-corrected chi connectivity index (χ3v) is 6.74. The van der Waals surface area contributed by atoms with Crippen molar-refractivity contribution >= 4 is 18.0 Å². The zero-order valence-corrected chi connectivity index (χ0v) is 18.9. The molecule has 0 bridgehead atoms. The molecule has 0 aromatic heterocycles. The third kappa shape index (κ3) is 5.07. The highest BCUT2D eigenvalue weighted by atomic mass is 16.5. The van der Waals surface area contributed by atoms with Crippen LogP contribution in [0.1, 0.15) is 49.1 Å². The summed E-state index contributed by atoms with van der Waals surface area (Å²) in [4.78, 5) is 36.0. The van der Waals surface area contributed by atoms with Crippen molar-refractivity contribution in [3.8, 4) is 23.0 Å². The first kappa shape index (κ1) is 23.4. The van der Waals surface area contributed by atoms with Crippen LogP contribution < -0.4 is 10.6 Å². The number of amides is 2. The van der Waals surface area contributed by atoms with Gasteiger partial charge in [0.15, 0.2) is 0 Å². The van der Waals surface area contributed by atoms with Crippen LogP contribution in [0, 0.1) is 17.3 Å². The lowest BCUT2D eigenvalue weighted by molar-refractivity contribution is -0.132. The second-order valence-electron chi connectivity index (χ2n) is 8.81. The first-order chi connectivity index (χ1) is 16.5. The number of carbonyl (C=O) groups is 3. The van der Waals surface area contributed by atoms with Crippen molar-refractivity contribution in [3.05, 3.63) is 59.7 Å². The summed E-state index contributed by atoms with van der Waals surface area (Å²) >= 11 is 0. The number of alkyl carbamates (subject to hydrolysis) is 1. The summed E-state index contributed by atoms with van der Waals surface area (Å²) in [5, 5.41) is 14.1. The number of benzene rings is 2. The Morgan fingerprint density at radius 3 is 2.18 bits per heavy atom. The maximum atomic E-state index is 12.9. The largest absolute Gasteiger partial charge is 0.472 e. The molecule has 2 aliphatic carbocycles. The molecule has 2 amide bonds. The number of carboxylic acid groups (broad SMARTS) is 1. The molecule has 4 rings (SSSR count). The highest BCUT2D eigenvalue weighted by Gasteiger charge is 2.39. The molecule has 0 unspecified atom stereocenters. The molecule has 0 saturated heterocycles. The lowest BCUT2D eigenvalue weighted by Crippen LogP contribution is -2.49. The molecule has 0 spiro atoms. The lowest BCUT2D eigenvalue weighted by atomic mass is 9.73. The standard InChI is InChI=1S/C27H28N2O5/c30-24(31)13-8-16-28-25(32)27(14-6-1-7-15-27)18-29-26(33)34-17-23-21-11-4-2-9-19(21)20-10-3-5-12-22(20)23/h2-5,9-12,23H,1,6-7,14-18H2,(H,28,32)(H,29,33)(H,30,31). The van der Waals surface area contributed by atoms with Gasteiger partial charge in [-0.05, 0) is 35.1 Å². The summed E-state index contributed by atoms with van der Waals surface area (Å²) in [5.41, 5.74) is 3.87. The maximum Gasteiger partial charge on any atom is 0.407 e. The zero-order chi connectivity index (χ0) is 24.0. The maximum absolute atomic E-state index is 12.9. The number of fused-ring (bicyclic) bond motifs is 3. The van der Waals surface area contributed by atoms with Gasteiger partial charge in [0.05, 0.1) is 12.0 Å². The van der Waals surface area contributed by atoms with E-state index in [1.54, 1.807) is 0 Å². The van der Waals surface area contributed by atoms with Gasteiger partial charge in [0.25, 0.3) is 0 Å². The average Bonchev–Trinajstić information content (AvgIpc) is 3.18. The Morgan fingerprint density at radius 2 is 1.56 bits per heavy atom. The topological polar surface area (TPSA) is 105 Å². The van der Waals surface area contributed by atoms with Crippen LogP contribution in [-0.4, -0.2) is 42.8 Å². The molecular weight excluding hydrogens is 432 g/mol. The fourth-order valence-electron chi connectivity index (χ4n) is 5.04. The van der Waals surface area contributed by atoms with Gasteiger partial charge >= 0.3 is 12.1 Å². The minimum Gasteiger partial charge on any atom is -0.472 e. The van der Waals surface area contributed by atoms with Crippen LogP contribution >= 0.6 is 0 Å². The van der Waals surface area contributed by atoms with Crippen LogP contribution in [0.5, 0.6) is 0 Å². The van der Waals surface area contributed by atoms with Crippen molar-refractivity contribution in [2.24, 2.45) is 5.41 Å². The van der Waals surface area contributed by atoms with Gasteiger partial charge in [-0.1, -0.05) is 73.7 Å². The molecule has 2 aromatic carbocycles. The second-order valence-corrected chi connectivity index (χ2v) is 8.81. The number of hydrogen-bond acceptors (Lipinski definition) is 4. The Kier molecular flexibility index (Phi) is 7.17. The molecule has 0 atom stereocenters. The third-order valence-electron chi connectivity index (χ3n) is 6.74. The van der Waals surface area contributed by atoms with E-state index in [1.807, 2.05) is 30.2 Å². The number of aliphatic carboxylic acids is 1. The van der Waals surface area contributed by atoms with Gasteiger partial charge in [-0.3, -0.25) is 4.79 Å². The van der Waals surface area contributed by atoms with Crippen molar-refractivity contribution in [2.75, 3.05) is 19.7 Å².